The molecular weight excluding hydrogens is 382 g/mol. The lowest BCUT2D eigenvalue weighted by Crippen LogP contribution is -2.30. The molecule has 1 aromatic rings. The van der Waals surface area contributed by atoms with Crippen molar-refractivity contribution in [2.24, 2.45) is 0 Å². The van der Waals surface area contributed by atoms with E-state index >= 15 is 0 Å². The average Bonchev–Trinajstić information content (AvgIpc) is 3.02. The van der Waals surface area contributed by atoms with E-state index in [0.29, 0.717) is 0 Å². The van der Waals surface area contributed by atoms with E-state index in [1.54, 1.807) is 0 Å². The fraction of sp³-hybridized carbons (Fsp3) is 0.800. The van der Waals surface area contributed by atoms with Crippen LogP contribution in [0.1, 0.15) is 50.9 Å². The molecule has 1 aromatic heterocycles. The molecule has 1 aliphatic rings. The molecule has 0 radical (unpaired) electrons. The molecule has 1 saturated heterocycles. The molecule has 0 bridgehead atoms. The van der Waals surface area contributed by atoms with Gasteiger partial charge in [0.05, 0.1) is 15.9 Å². The van der Waals surface area contributed by atoms with Gasteiger partial charge in [-0.2, -0.15) is 5.10 Å². The van der Waals surface area contributed by atoms with Crippen molar-refractivity contribution >= 4 is 31.9 Å². The third-order valence-corrected chi connectivity index (χ3v) is 5.69. The maximum atomic E-state index is 4.71. The first-order chi connectivity index (χ1) is 9.71. The molecule has 3 nitrogen and oxygen atoms in total. The number of nitrogens with zero attached hydrogens (tertiary/aromatic N) is 3. The smallest absolute Gasteiger partial charge is 0.0767 e. The van der Waals surface area contributed by atoms with Crippen molar-refractivity contribution in [2.45, 2.75) is 65.1 Å². The monoisotopic (exact) mass is 405 g/mol. The van der Waals surface area contributed by atoms with Crippen molar-refractivity contribution in [3.8, 4) is 0 Å². The molecule has 0 spiro atoms. The van der Waals surface area contributed by atoms with Crippen molar-refractivity contribution in [1.82, 2.24) is 14.7 Å². The standard InChI is InChI=1S/C15H25Br2N3/c1-3-13-15(17)14(20(4-2)18-13)11-19-10-6-8-12(19)7-5-9-16/h12H,3-11H2,1-2H3. The van der Waals surface area contributed by atoms with Crippen molar-refractivity contribution in [1.29, 1.82) is 0 Å². The van der Waals surface area contributed by atoms with Crippen LogP contribution in [-0.2, 0) is 19.5 Å². The predicted molar refractivity (Wildman–Crippen MR) is 91.4 cm³/mol. The summed E-state index contributed by atoms with van der Waals surface area (Å²) in [6, 6.07) is 0.754. The summed E-state index contributed by atoms with van der Waals surface area (Å²) in [5.41, 5.74) is 2.55. The molecule has 1 fully saturated rings. The largest absolute Gasteiger partial charge is 0.295 e. The summed E-state index contributed by atoms with van der Waals surface area (Å²) in [7, 11) is 0. The van der Waals surface area contributed by atoms with Crippen LogP contribution in [0.4, 0.5) is 0 Å². The Balaban J connectivity index is 2.10. The van der Waals surface area contributed by atoms with E-state index in [1.165, 1.54) is 48.1 Å². The number of hydrogen-bond acceptors (Lipinski definition) is 2. The normalized spacial score (nSPS) is 19.9. The third kappa shape index (κ3) is 3.66. The van der Waals surface area contributed by atoms with Crippen molar-refractivity contribution in [2.75, 3.05) is 11.9 Å². The summed E-state index contributed by atoms with van der Waals surface area (Å²) in [5, 5.41) is 5.83. The summed E-state index contributed by atoms with van der Waals surface area (Å²) in [6.45, 7) is 7.57. The Bertz CT molecular complexity index is 431. The van der Waals surface area contributed by atoms with E-state index in [1.807, 2.05) is 0 Å². The highest BCUT2D eigenvalue weighted by atomic mass is 79.9. The second-order valence-electron chi connectivity index (χ2n) is 5.47. The first kappa shape index (κ1) is 16.5. The van der Waals surface area contributed by atoms with Crippen LogP contribution < -0.4 is 0 Å². The van der Waals surface area contributed by atoms with Crippen LogP contribution in [-0.4, -0.2) is 32.6 Å². The summed E-state index contributed by atoms with van der Waals surface area (Å²) in [6.07, 6.45) is 6.27. The summed E-state index contributed by atoms with van der Waals surface area (Å²) in [4.78, 5) is 2.65. The van der Waals surface area contributed by atoms with Crippen molar-refractivity contribution in [3.63, 3.8) is 0 Å². The predicted octanol–water partition coefficient (Wildman–Crippen LogP) is 4.37. The van der Waals surface area contributed by atoms with Gasteiger partial charge in [0.2, 0.25) is 0 Å². The lowest BCUT2D eigenvalue weighted by Gasteiger charge is -2.24. The van der Waals surface area contributed by atoms with E-state index in [9.17, 15) is 0 Å². The number of halogens is 2. The molecule has 0 N–H and O–H groups in total. The quantitative estimate of drug-likeness (QED) is 0.627. The number of aryl methyl sites for hydroxylation is 2. The molecule has 0 aliphatic carbocycles. The lowest BCUT2D eigenvalue weighted by atomic mass is 10.1. The van der Waals surface area contributed by atoms with Gasteiger partial charge in [-0.05, 0) is 61.5 Å². The lowest BCUT2D eigenvalue weighted by molar-refractivity contribution is 0.227. The zero-order valence-corrected chi connectivity index (χ0v) is 15.7. The van der Waals surface area contributed by atoms with E-state index in [2.05, 4.69) is 55.3 Å². The number of alkyl halides is 1. The van der Waals surface area contributed by atoms with Gasteiger partial charge in [-0.3, -0.25) is 9.58 Å². The topological polar surface area (TPSA) is 21.1 Å². The summed E-state index contributed by atoms with van der Waals surface area (Å²) < 4.78 is 3.40. The van der Waals surface area contributed by atoms with Crippen LogP contribution in [0.15, 0.2) is 4.47 Å². The van der Waals surface area contributed by atoms with Crippen LogP contribution in [0.3, 0.4) is 0 Å². The summed E-state index contributed by atoms with van der Waals surface area (Å²) in [5.74, 6) is 0. The van der Waals surface area contributed by atoms with Gasteiger partial charge < -0.3 is 0 Å². The van der Waals surface area contributed by atoms with Crippen LogP contribution in [0, 0.1) is 0 Å². The molecule has 2 heterocycles. The fourth-order valence-electron chi connectivity index (χ4n) is 3.10. The third-order valence-electron chi connectivity index (χ3n) is 4.22. The van der Waals surface area contributed by atoms with Crippen LogP contribution in [0.2, 0.25) is 0 Å². The molecule has 1 unspecified atom stereocenters. The van der Waals surface area contributed by atoms with Crippen molar-refractivity contribution < 1.29 is 0 Å². The molecule has 114 valence electrons. The first-order valence-electron chi connectivity index (χ1n) is 7.75. The van der Waals surface area contributed by atoms with Gasteiger partial charge in [-0.25, -0.2) is 0 Å². The minimum Gasteiger partial charge on any atom is -0.295 e. The number of aromatic nitrogens is 2. The van der Waals surface area contributed by atoms with Gasteiger partial charge >= 0.3 is 0 Å². The van der Waals surface area contributed by atoms with Gasteiger partial charge in [0.15, 0.2) is 0 Å². The van der Waals surface area contributed by atoms with E-state index in [-0.39, 0.29) is 0 Å². The Morgan fingerprint density at radius 3 is 2.80 bits per heavy atom. The van der Waals surface area contributed by atoms with Crippen LogP contribution in [0.5, 0.6) is 0 Å². The molecule has 2 rings (SSSR count). The highest BCUT2D eigenvalue weighted by Crippen LogP contribution is 2.28. The van der Waals surface area contributed by atoms with Gasteiger partial charge in [0.25, 0.3) is 0 Å². The second kappa shape index (κ2) is 7.95. The van der Waals surface area contributed by atoms with E-state index in [0.717, 1.165) is 30.9 Å². The zero-order valence-electron chi connectivity index (χ0n) is 12.5. The maximum Gasteiger partial charge on any atom is 0.0767 e. The second-order valence-corrected chi connectivity index (χ2v) is 7.06. The van der Waals surface area contributed by atoms with Gasteiger partial charge in [0.1, 0.15) is 0 Å². The molecule has 5 heteroatoms. The Kier molecular flexibility index (Phi) is 6.56. The Morgan fingerprint density at radius 2 is 2.15 bits per heavy atom. The highest BCUT2D eigenvalue weighted by Gasteiger charge is 2.26. The molecule has 0 saturated carbocycles. The fourth-order valence-corrected chi connectivity index (χ4v) is 4.12. The van der Waals surface area contributed by atoms with Crippen LogP contribution >= 0.6 is 31.9 Å². The van der Waals surface area contributed by atoms with Crippen molar-refractivity contribution in [3.05, 3.63) is 15.9 Å². The minimum absolute atomic E-state index is 0.754. The van der Waals surface area contributed by atoms with E-state index in [4.69, 9.17) is 5.10 Å². The van der Waals surface area contributed by atoms with Crippen LogP contribution in [0.25, 0.3) is 0 Å². The zero-order chi connectivity index (χ0) is 14.5. The molecule has 1 aliphatic heterocycles. The van der Waals surface area contributed by atoms with Gasteiger partial charge in [-0.15, -0.1) is 0 Å². The Morgan fingerprint density at radius 1 is 1.35 bits per heavy atom. The molecule has 20 heavy (non-hydrogen) atoms. The Labute approximate surface area is 139 Å². The molecular formula is C15H25Br2N3. The molecule has 0 aromatic carbocycles. The number of rotatable bonds is 7. The van der Waals surface area contributed by atoms with E-state index < -0.39 is 0 Å². The number of hydrogen-bond donors (Lipinski definition) is 0. The Hall–Kier alpha value is 0.130. The van der Waals surface area contributed by atoms with Gasteiger partial charge in [-0.1, -0.05) is 22.9 Å². The summed E-state index contributed by atoms with van der Waals surface area (Å²) >= 11 is 7.32. The number of likely N-dealkylation sites (tertiary alicyclic amines) is 1. The molecule has 1 atom stereocenters. The highest BCUT2D eigenvalue weighted by molar-refractivity contribution is 9.10. The maximum absolute atomic E-state index is 4.71. The SMILES string of the molecule is CCc1nn(CC)c(CN2CCCC2CCCBr)c1Br. The minimum atomic E-state index is 0.754. The first-order valence-corrected chi connectivity index (χ1v) is 9.66. The average molecular weight is 407 g/mol. The molecule has 0 amide bonds. The van der Waals surface area contributed by atoms with Gasteiger partial charge in [0, 0.05) is 24.5 Å².